The number of nitrogens with one attached hydrogen (secondary N) is 1. The third kappa shape index (κ3) is 4.33. The van der Waals surface area contributed by atoms with Crippen LogP contribution in [0, 0.1) is 0 Å². The Morgan fingerprint density at radius 2 is 2.06 bits per heavy atom. The van der Waals surface area contributed by atoms with Crippen molar-refractivity contribution in [3.05, 3.63) is 29.8 Å². The minimum Gasteiger partial charge on any atom is -0.392 e. The number of aliphatic hydroxyl groups is 1. The van der Waals surface area contributed by atoms with Crippen LogP contribution >= 0.6 is 15.9 Å². The molecule has 0 aliphatic rings. The standard InChI is InChI=1S/C12H16BrNO2/c13-8-4-3-7-12(16)14-11-6-2-1-5-10(11)9-15/h1-2,5-6,15H,3-4,7-9H2,(H,14,16). The van der Waals surface area contributed by atoms with Crippen LogP contribution in [-0.4, -0.2) is 16.3 Å². The third-order valence-electron chi connectivity index (χ3n) is 2.25. The predicted octanol–water partition coefficient (Wildman–Crippen LogP) is 2.68. The van der Waals surface area contributed by atoms with E-state index < -0.39 is 0 Å². The van der Waals surface area contributed by atoms with E-state index in [4.69, 9.17) is 5.11 Å². The first-order valence-corrected chi connectivity index (χ1v) is 6.44. The van der Waals surface area contributed by atoms with Gasteiger partial charge in [0.15, 0.2) is 0 Å². The summed E-state index contributed by atoms with van der Waals surface area (Å²) in [4.78, 5) is 11.5. The lowest BCUT2D eigenvalue weighted by Crippen LogP contribution is -2.12. The summed E-state index contributed by atoms with van der Waals surface area (Å²) in [5.41, 5.74) is 1.45. The highest BCUT2D eigenvalue weighted by atomic mass is 79.9. The number of anilines is 1. The van der Waals surface area contributed by atoms with Gasteiger partial charge in [0.2, 0.25) is 5.91 Å². The second-order valence-corrected chi connectivity index (χ2v) is 4.30. The lowest BCUT2D eigenvalue weighted by molar-refractivity contribution is -0.116. The molecule has 0 fully saturated rings. The Bertz CT molecular complexity index is 342. The number of hydrogen-bond acceptors (Lipinski definition) is 2. The van der Waals surface area contributed by atoms with Crippen LogP contribution in [0.3, 0.4) is 0 Å². The molecule has 1 rings (SSSR count). The normalized spacial score (nSPS) is 10.1. The van der Waals surface area contributed by atoms with Gasteiger partial charge in [0.1, 0.15) is 0 Å². The number of unbranched alkanes of at least 4 members (excludes halogenated alkanes) is 1. The molecule has 4 heteroatoms. The lowest BCUT2D eigenvalue weighted by atomic mass is 10.1. The van der Waals surface area contributed by atoms with Gasteiger partial charge in [-0.3, -0.25) is 4.79 Å². The number of amides is 1. The van der Waals surface area contributed by atoms with Gasteiger partial charge >= 0.3 is 0 Å². The molecule has 0 aromatic heterocycles. The van der Waals surface area contributed by atoms with Gasteiger partial charge in [0, 0.05) is 23.0 Å². The van der Waals surface area contributed by atoms with E-state index in [1.165, 1.54) is 0 Å². The summed E-state index contributed by atoms with van der Waals surface area (Å²) in [6.45, 7) is -0.0577. The van der Waals surface area contributed by atoms with Crippen LogP contribution in [-0.2, 0) is 11.4 Å². The molecule has 0 spiro atoms. The molecule has 0 bridgehead atoms. The second kappa shape index (κ2) is 7.41. The average molecular weight is 286 g/mol. The van der Waals surface area contributed by atoms with Crippen molar-refractivity contribution >= 4 is 27.5 Å². The van der Waals surface area contributed by atoms with Crippen molar-refractivity contribution in [2.75, 3.05) is 10.6 Å². The molecule has 0 unspecified atom stereocenters. The topological polar surface area (TPSA) is 49.3 Å². The maximum atomic E-state index is 11.5. The maximum absolute atomic E-state index is 11.5. The largest absolute Gasteiger partial charge is 0.392 e. The molecule has 1 amide bonds. The highest BCUT2D eigenvalue weighted by Gasteiger charge is 2.05. The summed E-state index contributed by atoms with van der Waals surface area (Å²) in [5, 5.41) is 12.8. The fourth-order valence-corrected chi connectivity index (χ4v) is 1.77. The van der Waals surface area contributed by atoms with E-state index in [2.05, 4.69) is 21.2 Å². The van der Waals surface area contributed by atoms with Crippen LogP contribution < -0.4 is 5.32 Å². The molecule has 0 atom stereocenters. The molecular weight excluding hydrogens is 270 g/mol. The highest BCUT2D eigenvalue weighted by molar-refractivity contribution is 9.09. The van der Waals surface area contributed by atoms with Crippen LogP contribution in [0.4, 0.5) is 5.69 Å². The summed E-state index contributed by atoms with van der Waals surface area (Å²) >= 11 is 3.32. The number of aliphatic hydroxyl groups excluding tert-OH is 1. The van der Waals surface area contributed by atoms with Crippen molar-refractivity contribution in [1.82, 2.24) is 0 Å². The van der Waals surface area contributed by atoms with Crippen LogP contribution in [0.5, 0.6) is 0 Å². The summed E-state index contributed by atoms with van der Waals surface area (Å²) in [6.07, 6.45) is 2.39. The molecule has 2 N–H and O–H groups in total. The van der Waals surface area contributed by atoms with Gasteiger partial charge in [0.05, 0.1) is 6.61 Å². The summed E-state index contributed by atoms with van der Waals surface area (Å²) in [7, 11) is 0. The fourth-order valence-electron chi connectivity index (χ4n) is 1.37. The zero-order valence-electron chi connectivity index (χ0n) is 9.08. The SMILES string of the molecule is O=C(CCCCBr)Nc1ccccc1CO. The molecule has 0 saturated carbocycles. The number of para-hydroxylation sites is 1. The molecule has 1 aromatic carbocycles. The van der Waals surface area contributed by atoms with Crippen LogP contribution in [0.25, 0.3) is 0 Å². The Labute approximate surface area is 104 Å². The van der Waals surface area contributed by atoms with Gasteiger partial charge in [-0.25, -0.2) is 0 Å². The van der Waals surface area contributed by atoms with E-state index in [9.17, 15) is 4.79 Å². The first-order valence-electron chi connectivity index (χ1n) is 5.32. The van der Waals surface area contributed by atoms with Crippen LogP contribution in [0.2, 0.25) is 0 Å². The number of carbonyl (C=O) groups is 1. The van der Waals surface area contributed by atoms with Gasteiger partial charge in [-0.15, -0.1) is 0 Å². The molecule has 3 nitrogen and oxygen atoms in total. The fraction of sp³-hybridized carbons (Fsp3) is 0.417. The lowest BCUT2D eigenvalue weighted by Gasteiger charge is -2.08. The maximum Gasteiger partial charge on any atom is 0.224 e. The molecule has 0 aliphatic heterocycles. The predicted molar refractivity (Wildman–Crippen MR) is 68.6 cm³/mol. The molecule has 88 valence electrons. The van der Waals surface area contributed by atoms with E-state index in [1.807, 2.05) is 12.1 Å². The Kier molecular flexibility index (Phi) is 6.11. The van der Waals surface area contributed by atoms with E-state index in [1.54, 1.807) is 12.1 Å². The molecule has 0 saturated heterocycles. The van der Waals surface area contributed by atoms with Crippen molar-refractivity contribution in [1.29, 1.82) is 0 Å². The Hall–Kier alpha value is -0.870. The Morgan fingerprint density at radius 3 is 2.75 bits per heavy atom. The van der Waals surface area contributed by atoms with Gasteiger partial charge in [-0.1, -0.05) is 34.1 Å². The zero-order chi connectivity index (χ0) is 11.8. The number of carbonyl (C=O) groups excluding carboxylic acids is 1. The molecule has 1 aromatic rings. The molecule has 16 heavy (non-hydrogen) atoms. The van der Waals surface area contributed by atoms with E-state index >= 15 is 0 Å². The van der Waals surface area contributed by atoms with E-state index in [0.29, 0.717) is 12.1 Å². The van der Waals surface area contributed by atoms with Crippen LogP contribution in [0.1, 0.15) is 24.8 Å². The molecule has 0 radical (unpaired) electrons. The van der Waals surface area contributed by atoms with E-state index in [0.717, 1.165) is 23.7 Å². The minimum absolute atomic E-state index is 0.00171. The van der Waals surface area contributed by atoms with Gasteiger partial charge in [-0.2, -0.15) is 0 Å². The van der Waals surface area contributed by atoms with Gasteiger partial charge in [0.25, 0.3) is 0 Å². The van der Waals surface area contributed by atoms with Crippen molar-refractivity contribution in [2.45, 2.75) is 25.9 Å². The van der Waals surface area contributed by atoms with Crippen molar-refractivity contribution in [2.24, 2.45) is 0 Å². The van der Waals surface area contributed by atoms with Crippen LogP contribution in [0.15, 0.2) is 24.3 Å². The minimum atomic E-state index is -0.0577. The first-order chi connectivity index (χ1) is 7.77. The molecular formula is C12H16BrNO2. The van der Waals surface area contributed by atoms with Crippen molar-refractivity contribution in [3.8, 4) is 0 Å². The molecule has 0 aliphatic carbocycles. The number of rotatable bonds is 6. The van der Waals surface area contributed by atoms with Gasteiger partial charge < -0.3 is 10.4 Å². The number of alkyl halides is 1. The van der Waals surface area contributed by atoms with Gasteiger partial charge in [-0.05, 0) is 18.9 Å². The molecule has 0 heterocycles. The quantitative estimate of drug-likeness (QED) is 0.624. The number of hydrogen-bond donors (Lipinski definition) is 2. The highest BCUT2D eigenvalue weighted by Crippen LogP contribution is 2.15. The zero-order valence-corrected chi connectivity index (χ0v) is 10.7. The summed E-state index contributed by atoms with van der Waals surface area (Å²) < 4.78 is 0. The Balaban J connectivity index is 2.49. The smallest absolute Gasteiger partial charge is 0.224 e. The Morgan fingerprint density at radius 1 is 1.31 bits per heavy atom. The summed E-state index contributed by atoms with van der Waals surface area (Å²) in [6, 6.07) is 7.28. The van der Waals surface area contributed by atoms with E-state index in [-0.39, 0.29) is 12.5 Å². The summed E-state index contributed by atoms with van der Waals surface area (Å²) in [5.74, 6) is 0.00171. The average Bonchev–Trinajstić information content (AvgIpc) is 2.30. The van der Waals surface area contributed by atoms with Crippen molar-refractivity contribution in [3.63, 3.8) is 0 Å². The van der Waals surface area contributed by atoms with Crippen molar-refractivity contribution < 1.29 is 9.90 Å². The number of halogens is 1. The number of benzene rings is 1. The second-order valence-electron chi connectivity index (χ2n) is 3.51. The third-order valence-corrected chi connectivity index (χ3v) is 2.81. The monoisotopic (exact) mass is 285 g/mol. The first kappa shape index (κ1) is 13.2.